The minimum Gasteiger partial charge on any atom is -0.361 e. The molecule has 0 fully saturated rings. The largest absolute Gasteiger partial charge is 0.361 e. The molecule has 0 bridgehead atoms. The number of nitrogens with zero attached hydrogens (tertiary/aromatic N) is 3. The predicted molar refractivity (Wildman–Crippen MR) is 84.8 cm³/mol. The first-order valence-corrected chi connectivity index (χ1v) is 6.94. The second kappa shape index (κ2) is 6.15. The number of likely N-dealkylation sites (N-methyl/N-ethyl adjacent to an activating group) is 2. The Labute approximate surface area is 128 Å². The van der Waals surface area contributed by atoms with Gasteiger partial charge >= 0.3 is 0 Å². The summed E-state index contributed by atoms with van der Waals surface area (Å²) < 4.78 is 0. The molecule has 2 rings (SSSR count). The summed E-state index contributed by atoms with van der Waals surface area (Å²) in [6, 6.07) is 4.56. The van der Waals surface area contributed by atoms with Crippen LogP contribution in [0.5, 0.6) is 0 Å². The molecule has 1 atom stereocenters. The molecule has 1 N–H and O–H groups in total. The molecule has 0 saturated heterocycles. The maximum absolute atomic E-state index is 12.3. The third-order valence-electron chi connectivity index (χ3n) is 3.72. The predicted octanol–water partition coefficient (Wildman–Crippen LogP) is 1.64. The Morgan fingerprint density at radius 3 is 2.55 bits per heavy atom. The van der Waals surface area contributed by atoms with Gasteiger partial charge in [-0.25, -0.2) is 0 Å². The molecule has 118 valence electrons. The van der Waals surface area contributed by atoms with Crippen LogP contribution in [0.15, 0.2) is 24.4 Å². The lowest BCUT2D eigenvalue weighted by Crippen LogP contribution is -2.44. The van der Waals surface area contributed by atoms with E-state index in [4.69, 9.17) is 0 Å². The fourth-order valence-electron chi connectivity index (χ4n) is 2.55. The molecule has 0 radical (unpaired) electrons. The molecule has 0 saturated carbocycles. The number of nitro benzene ring substituents is 1. The average Bonchev–Trinajstić information content (AvgIpc) is 2.86. The Morgan fingerprint density at radius 2 is 2.00 bits per heavy atom. The zero-order valence-electron chi connectivity index (χ0n) is 13.2. The standard InChI is InChI=1S/C15H20N4O3/c1-17(2)13(15(20)18(3)4)8-10-9-16-11-6-5-7-12(14(10)11)19(21)22/h5-7,9,13,16H,8H2,1-4H3. The van der Waals surface area contributed by atoms with Crippen molar-refractivity contribution in [3.63, 3.8) is 0 Å². The van der Waals surface area contributed by atoms with Crippen LogP contribution in [-0.2, 0) is 11.2 Å². The molecule has 1 amide bonds. The molecule has 0 aliphatic rings. The first-order valence-electron chi connectivity index (χ1n) is 6.94. The first-order chi connectivity index (χ1) is 10.3. The van der Waals surface area contributed by atoms with Gasteiger partial charge < -0.3 is 9.88 Å². The van der Waals surface area contributed by atoms with Crippen molar-refractivity contribution in [2.24, 2.45) is 0 Å². The summed E-state index contributed by atoms with van der Waals surface area (Å²) in [5.41, 5.74) is 1.54. The van der Waals surface area contributed by atoms with Gasteiger partial charge in [0.25, 0.3) is 5.69 Å². The number of benzene rings is 1. The first kappa shape index (κ1) is 16.0. The zero-order valence-corrected chi connectivity index (χ0v) is 13.2. The summed E-state index contributed by atoms with van der Waals surface area (Å²) in [5, 5.41) is 11.8. The highest BCUT2D eigenvalue weighted by atomic mass is 16.6. The van der Waals surface area contributed by atoms with Crippen molar-refractivity contribution in [2.45, 2.75) is 12.5 Å². The van der Waals surface area contributed by atoms with Gasteiger partial charge in [0.2, 0.25) is 5.91 Å². The van der Waals surface area contributed by atoms with Crippen LogP contribution in [0.4, 0.5) is 5.69 Å². The van der Waals surface area contributed by atoms with Gasteiger partial charge in [-0.05, 0) is 32.1 Å². The SMILES string of the molecule is CN(C)C(=O)C(Cc1c[nH]c2cccc([N+](=O)[O-])c12)N(C)C. The number of nitro groups is 1. The summed E-state index contributed by atoms with van der Waals surface area (Å²) in [6.07, 6.45) is 2.16. The number of fused-ring (bicyclic) bond motifs is 1. The van der Waals surface area contributed by atoms with E-state index in [1.54, 1.807) is 32.4 Å². The number of H-pyrrole nitrogens is 1. The van der Waals surface area contributed by atoms with Gasteiger partial charge in [-0.15, -0.1) is 0 Å². The van der Waals surface area contributed by atoms with E-state index in [1.807, 2.05) is 19.0 Å². The van der Waals surface area contributed by atoms with Gasteiger partial charge in [-0.2, -0.15) is 0 Å². The Morgan fingerprint density at radius 1 is 1.32 bits per heavy atom. The molecule has 2 aromatic rings. The minimum absolute atomic E-state index is 0.0297. The molecule has 1 unspecified atom stereocenters. The summed E-state index contributed by atoms with van der Waals surface area (Å²) in [6.45, 7) is 0. The number of aromatic nitrogens is 1. The fraction of sp³-hybridized carbons (Fsp3) is 0.400. The van der Waals surface area contributed by atoms with Crippen molar-refractivity contribution < 1.29 is 9.72 Å². The van der Waals surface area contributed by atoms with E-state index in [0.29, 0.717) is 17.3 Å². The second-order valence-corrected chi connectivity index (χ2v) is 5.69. The van der Waals surface area contributed by atoms with Crippen LogP contribution < -0.4 is 0 Å². The summed E-state index contributed by atoms with van der Waals surface area (Å²) in [5.74, 6) is -0.0297. The van der Waals surface area contributed by atoms with Crippen LogP contribution in [0.1, 0.15) is 5.56 Å². The molecule has 0 spiro atoms. The lowest BCUT2D eigenvalue weighted by atomic mass is 10.0. The van der Waals surface area contributed by atoms with Crippen molar-refractivity contribution in [1.29, 1.82) is 0 Å². The third kappa shape index (κ3) is 2.94. The second-order valence-electron chi connectivity index (χ2n) is 5.69. The molecular formula is C15H20N4O3. The number of carbonyl (C=O) groups is 1. The number of aromatic amines is 1. The summed E-state index contributed by atoms with van der Waals surface area (Å²) in [7, 11) is 7.07. The number of nitrogens with one attached hydrogen (secondary N) is 1. The number of carbonyl (C=O) groups excluding carboxylic acids is 1. The van der Waals surface area contributed by atoms with Gasteiger partial charge in [0.1, 0.15) is 0 Å². The molecule has 7 heteroatoms. The fourth-order valence-corrected chi connectivity index (χ4v) is 2.55. The van der Waals surface area contributed by atoms with Gasteiger partial charge in [0.15, 0.2) is 0 Å². The summed E-state index contributed by atoms with van der Waals surface area (Å²) in [4.78, 5) is 29.6. The van der Waals surface area contributed by atoms with Crippen LogP contribution in [0, 0.1) is 10.1 Å². The maximum atomic E-state index is 12.3. The van der Waals surface area contributed by atoms with Crippen LogP contribution in [-0.4, -0.2) is 59.8 Å². The van der Waals surface area contributed by atoms with Crippen LogP contribution in [0.3, 0.4) is 0 Å². The van der Waals surface area contributed by atoms with Crippen molar-refractivity contribution >= 4 is 22.5 Å². The monoisotopic (exact) mass is 304 g/mol. The molecule has 0 aliphatic carbocycles. The Kier molecular flexibility index (Phi) is 4.46. The van der Waals surface area contributed by atoms with E-state index in [1.165, 1.54) is 11.0 Å². The van der Waals surface area contributed by atoms with Gasteiger partial charge in [-0.1, -0.05) is 6.07 Å². The molecule has 22 heavy (non-hydrogen) atoms. The highest BCUT2D eigenvalue weighted by molar-refractivity contribution is 5.92. The van der Waals surface area contributed by atoms with Crippen molar-refractivity contribution in [3.8, 4) is 0 Å². The maximum Gasteiger partial charge on any atom is 0.279 e. The molecule has 0 aliphatic heterocycles. The highest BCUT2D eigenvalue weighted by Gasteiger charge is 2.26. The highest BCUT2D eigenvalue weighted by Crippen LogP contribution is 2.29. The van der Waals surface area contributed by atoms with Gasteiger partial charge in [0.05, 0.1) is 21.9 Å². The van der Waals surface area contributed by atoms with Gasteiger partial charge in [-0.3, -0.25) is 19.8 Å². The number of hydrogen-bond donors (Lipinski definition) is 1. The van der Waals surface area contributed by atoms with Crippen molar-refractivity contribution in [3.05, 3.63) is 40.1 Å². The topological polar surface area (TPSA) is 82.5 Å². The minimum atomic E-state index is -0.391. The van der Waals surface area contributed by atoms with E-state index < -0.39 is 4.92 Å². The molecule has 1 aromatic carbocycles. The molecular weight excluding hydrogens is 284 g/mol. The quantitative estimate of drug-likeness (QED) is 0.672. The lowest BCUT2D eigenvalue weighted by molar-refractivity contribution is -0.383. The smallest absolute Gasteiger partial charge is 0.279 e. The van der Waals surface area contributed by atoms with E-state index in [2.05, 4.69) is 4.98 Å². The lowest BCUT2D eigenvalue weighted by Gasteiger charge is -2.26. The van der Waals surface area contributed by atoms with Crippen LogP contribution in [0.2, 0.25) is 0 Å². The van der Waals surface area contributed by atoms with E-state index >= 15 is 0 Å². The summed E-state index contributed by atoms with van der Waals surface area (Å²) >= 11 is 0. The number of amides is 1. The Balaban J connectivity index is 2.46. The normalized spacial score (nSPS) is 12.6. The van der Waals surface area contributed by atoms with Crippen LogP contribution >= 0.6 is 0 Å². The van der Waals surface area contributed by atoms with Crippen molar-refractivity contribution in [2.75, 3.05) is 28.2 Å². The number of non-ortho nitro benzene ring substituents is 1. The third-order valence-corrected chi connectivity index (χ3v) is 3.72. The zero-order chi connectivity index (χ0) is 16.4. The van der Waals surface area contributed by atoms with E-state index in [9.17, 15) is 14.9 Å². The van der Waals surface area contributed by atoms with E-state index in [-0.39, 0.29) is 17.6 Å². The molecule has 1 heterocycles. The Hall–Kier alpha value is -2.41. The van der Waals surface area contributed by atoms with Gasteiger partial charge in [0, 0.05) is 26.4 Å². The van der Waals surface area contributed by atoms with Crippen LogP contribution in [0.25, 0.3) is 10.9 Å². The molecule has 1 aromatic heterocycles. The number of hydrogen-bond acceptors (Lipinski definition) is 4. The number of rotatable bonds is 5. The molecule has 7 nitrogen and oxygen atoms in total. The van der Waals surface area contributed by atoms with Crippen molar-refractivity contribution in [1.82, 2.24) is 14.8 Å². The average molecular weight is 304 g/mol. The Bertz CT molecular complexity index is 706. The van der Waals surface area contributed by atoms with E-state index in [0.717, 1.165) is 5.56 Å².